The Bertz CT molecular complexity index is 542. The van der Waals surface area contributed by atoms with Crippen LogP contribution in [0.5, 0.6) is 0 Å². The summed E-state index contributed by atoms with van der Waals surface area (Å²) < 4.78 is 6.17. The molecule has 114 valence electrons. The van der Waals surface area contributed by atoms with Crippen LogP contribution >= 0.6 is 15.9 Å². The van der Waals surface area contributed by atoms with Gasteiger partial charge >= 0.3 is 0 Å². The van der Waals surface area contributed by atoms with E-state index < -0.39 is 6.04 Å². The number of benzene rings is 1. The number of carbonyl (C=O) groups excluding carboxylic acids is 2. The highest BCUT2D eigenvalue weighted by Gasteiger charge is 2.24. The maximum Gasteiger partial charge on any atom is 0.251 e. The Kier molecular flexibility index (Phi) is 5.36. The molecule has 1 aliphatic rings. The zero-order valence-electron chi connectivity index (χ0n) is 12.2. The molecule has 21 heavy (non-hydrogen) atoms. The van der Waals surface area contributed by atoms with Gasteiger partial charge in [0.15, 0.2) is 0 Å². The van der Waals surface area contributed by atoms with Crippen molar-refractivity contribution in [3.05, 3.63) is 33.8 Å². The van der Waals surface area contributed by atoms with Gasteiger partial charge in [0.05, 0.1) is 13.2 Å². The van der Waals surface area contributed by atoms with Crippen LogP contribution < -0.4 is 5.32 Å². The van der Waals surface area contributed by atoms with Gasteiger partial charge in [-0.2, -0.15) is 0 Å². The number of carbonyl (C=O) groups is 2. The van der Waals surface area contributed by atoms with Crippen LogP contribution in [0, 0.1) is 6.92 Å². The van der Waals surface area contributed by atoms with Crippen molar-refractivity contribution in [1.82, 2.24) is 10.2 Å². The monoisotopic (exact) mass is 354 g/mol. The molecule has 2 amide bonds. The number of hydrogen-bond donors (Lipinski definition) is 1. The summed E-state index contributed by atoms with van der Waals surface area (Å²) in [6, 6.07) is 4.82. The summed E-state index contributed by atoms with van der Waals surface area (Å²) in [4.78, 5) is 26.1. The molecule has 5 nitrogen and oxygen atoms in total. The molecule has 1 heterocycles. The summed E-state index contributed by atoms with van der Waals surface area (Å²) in [5, 5.41) is 2.75. The summed E-state index contributed by atoms with van der Waals surface area (Å²) in [7, 11) is 0. The smallest absolute Gasteiger partial charge is 0.251 e. The lowest BCUT2D eigenvalue weighted by molar-refractivity contribution is -0.136. The van der Waals surface area contributed by atoms with Crippen molar-refractivity contribution < 1.29 is 14.3 Å². The van der Waals surface area contributed by atoms with Crippen molar-refractivity contribution in [3.63, 3.8) is 0 Å². The Labute approximate surface area is 132 Å². The molecular weight excluding hydrogens is 336 g/mol. The maximum absolute atomic E-state index is 12.2. The first-order valence-corrected chi connectivity index (χ1v) is 7.72. The van der Waals surface area contributed by atoms with Gasteiger partial charge in [-0.05, 0) is 37.6 Å². The van der Waals surface area contributed by atoms with Gasteiger partial charge in [-0.3, -0.25) is 9.59 Å². The Morgan fingerprint density at radius 2 is 2.00 bits per heavy atom. The third-order valence-corrected chi connectivity index (χ3v) is 4.35. The molecular formula is C15H19BrN2O3. The highest BCUT2D eigenvalue weighted by molar-refractivity contribution is 9.10. The normalized spacial score (nSPS) is 16.4. The minimum atomic E-state index is -0.542. The lowest BCUT2D eigenvalue weighted by atomic mass is 10.1. The molecule has 2 rings (SSSR count). The van der Waals surface area contributed by atoms with Gasteiger partial charge in [-0.1, -0.05) is 15.9 Å². The van der Waals surface area contributed by atoms with Gasteiger partial charge in [0.2, 0.25) is 5.91 Å². The van der Waals surface area contributed by atoms with E-state index in [0.29, 0.717) is 31.9 Å². The van der Waals surface area contributed by atoms with Crippen molar-refractivity contribution in [3.8, 4) is 0 Å². The molecule has 1 unspecified atom stereocenters. The number of amides is 2. The highest BCUT2D eigenvalue weighted by Crippen LogP contribution is 2.17. The number of nitrogens with zero attached hydrogens (tertiary/aromatic N) is 1. The number of rotatable bonds is 3. The number of ether oxygens (including phenoxy) is 1. The molecule has 1 atom stereocenters. The second-order valence-corrected chi connectivity index (χ2v) is 5.95. The quantitative estimate of drug-likeness (QED) is 0.899. The number of nitrogens with one attached hydrogen (secondary N) is 1. The van der Waals surface area contributed by atoms with E-state index in [4.69, 9.17) is 4.74 Å². The van der Waals surface area contributed by atoms with Gasteiger partial charge in [-0.25, -0.2) is 0 Å². The Morgan fingerprint density at radius 1 is 1.33 bits per heavy atom. The predicted molar refractivity (Wildman–Crippen MR) is 83.2 cm³/mol. The van der Waals surface area contributed by atoms with Crippen LogP contribution in [0.4, 0.5) is 0 Å². The van der Waals surface area contributed by atoms with E-state index in [1.165, 1.54) is 0 Å². The van der Waals surface area contributed by atoms with Crippen LogP contribution in [0.3, 0.4) is 0 Å². The van der Waals surface area contributed by atoms with Crippen molar-refractivity contribution >= 4 is 27.7 Å². The van der Waals surface area contributed by atoms with Crippen molar-refractivity contribution in [2.45, 2.75) is 19.9 Å². The van der Waals surface area contributed by atoms with Crippen LogP contribution in [0.2, 0.25) is 0 Å². The first-order valence-electron chi connectivity index (χ1n) is 6.92. The molecule has 0 bridgehead atoms. The summed E-state index contributed by atoms with van der Waals surface area (Å²) in [6.45, 7) is 5.90. The number of morpholine rings is 1. The van der Waals surface area contributed by atoms with Gasteiger partial charge < -0.3 is 15.0 Å². The van der Waals surface area contributed by atoms with Crippen LogP contribution in [0.25, 0.3) is 0 Å². The Hall–Kier alpha value is -1.40. The number of aryl methyl sites for hydroxylation is 1. The second kappa shape index (κ2) is 7.04. The van der Waals surface area contributed by atoms with Crippen LogP contribution in [-0.4, -0.2) is 49.1 Å². The Balaban J connectivity index is 1.97. The molecule has 1 aromatic carbocycles. The average Bonchev–Trinajstić information content (AvgIpc) is 2.50. The molecule has 0 aromatic heterocycles. The van der Waals surface area contributed by atoms with E-state index >= 15 is 0 Å². The zero-order chi connectivity index (χ0) is 15.4. The average molecular weight is 355 g/mol. The standard InChI is InChI=1S/C15H19BrN2O3/c1-10-9-12(3-4-13(10)16)14(19)17-11(2)15(20)18-5-7-21-8-6-18/h3-4,9,11H,5-8H2,1-2H3,(H,17,19). The molecule has 1 aromatic rings. The molecule has 6 heteroatoms. The first kappa shape index (κ1) is 16.0. The van der Waals surface area contributed by atoms with E-state index in [1.54, 1.807) is 24.0 Å². The van der Waals surface area contributed by atoms with Crippen LogP contribution in [-0.2, 0) is 9.53 Å². The molecule has 1 N–H and O–H groups in total. The molecule has 1 fully saturated rings. The molecule has 0 aliphatic carbocycles. The third-order valence-electron chi connectivity index (χ3n) is 3.46. The van der Waals surface area contributed by atoms with E-state index in [-0.39, 0.29) is 11.8 Å². The summed E-state index contributed by atoms with van der Waals surface area (Å²) in [5.41, 5.74) is 1.53. The fourth-order valence-corrected chi connectivity index (χ4v) is 2.43. The summed E-state index contributed by atoms with van der Waals surface area (Å²) >= 11 is 3.40. The minimum Gasteiger partial charge on any atom is -0.378 e. The van der Waals surface area contributed by atoms with Gasteiger partial charge in [-0.15, -0.1) is 0 Å². The number of hydrogen-bond acceptors (Lipinski definition) is 3. The minimum absolute atomic E-state index is 0.0690. The van der Waals surface area contributed by atoms with Crippen molar-refractivity contribution in [2.75, 3.05) is 26.3 Å². The van der Waals surface area contributed by atoms with Crippen molar-refractivity contribution in [2.24, 2.45) is 0 Å². The first-order chi connectivity index (χ1) is 9.99. The van der Waals surface area contributed by atoms with Crippen LogP contribution in [0.1, 0.15) is 22.8 Å². The van der Waals surface area contributed by atoms with Gasteiger partial charge in [0.25, 0.3) is 5.91 Å². The van der Waals surface area contributed by atoms with E-state index in [9.17, 15) is 9.59 Å². The molecule has 1 aliphatic heterocycles. The Morgan fingerprint density at radius 3 is 2.62 bits per heavy atom. The fraction of sp³-hybridized carbons (Fsp3) is 0.467. The summed E-state index contributed by atoms with van der Waals surface area (Å²) in [6.07, 6.45) is 0. The highest BCUT2D eigenvalue weighted by atomic mass is 79.9. The van der Waals surface area contributed by atoms with Crippen molar-refractivity contribution in [1.29, 1.82) is 0 Å². The largest absolute Gasteiger partial charge is 0.378 e. The molecule has 0 radical (unpaired) electrons. The molecule has 0 saturated carbocycles. The lowest BCUT2D eigenvalue weighted by Gasteiger charge is -2.29. The maximum atomic E-state index is 12.2. The summed E-state index contributed by atoms with van der Waals surface area (Å²) in [5.74, 6) is -0.305. The second-order valence-electron chi connectivity index (χ2n) is 5.10. The van der Waals surface area contributed by atoms with Gasteiger partial charge in [0.1, 0.15) is 6.04 Å². The third kappa shape index (κ3) is 4.04. The van der Waals surface area contributed by atoms with E-state index in [1.807, 2.05) is 13.0 Å². The van der Waals surface area contributed by atoms with E-state index in [0.717, 1.165) is 10.0 Å². The molecule has 0 spiro atoms. The zero-order valence-corrected chi connectivity index (χ0v) is 13.8. The number of halogens is 1. The predicted octanol–water partition coefficient (Wildman–Crippen LogP) is 1.73. The van der Waals surface area contributed by atoms with E-state index in [2.05, 4.69) is 21.2 Å². The van der Waals surface area contributed by atoms with Gasteiger partial charge in [0, 0.05) is 23.1 Å². The fourth-order valence-electron chi connectivity index (χ4n) is 2.19. The topological polar surface area (TPSA) is 58.6 Å². The van der Waals surface area contributed by atoms with Crippen LogP contribution in [0.15, 0.2) is 22.7 Å². The lowest BCUT2D eigenvalue weighted by Crippen LogP contribution is -2.50. The molecule has 1 saturated heterocycles. The SMILES string of the molecule is Cc1cc(C(=O)NC(C)C(=O)N2CCOCC2)ccc1Br.